The van der Waals surface area contributed by atoms with Crippen molar-refractivity contribution in [3.8, 4) is 5.75 Å². The van der Waals surface area contributed by atoms with Crippen molar-refractivity contribution in [1.82, 2.24) is 0 Å². The third kappa shape index (κ3) is 2.92. The summed E-state index contributed by atoms with van der Waals surface area (Å²) >= 11 is 0. The monoisotopic (exact) mass is 177 g/mol. The number of rotatable bonds is 5. The highest BCUT2D eigenvalue weighted by molar-refractivity contribution is 5.31. The first kappa shape index (κ1) is 9.81. The summed E-state index contributed by atoms with van der Waals surface area (Å²) in [7, 11) is 1.64. The molecule has 0 aromatic heterocycles. The average molecular weight is 177 g/mol. The Kier molecular flexibility index (Phi) is 4.06. The second-order valence-corrected chi connectivity index (χ2v) is 2.52. The lowest BCUT2D eigenvalue weighted by Crippen LogP contribution is -1.96. The van der Waals surface area contributed by atoms with Crippen LogP contribution >= 0.6 is 0 Å². The van der Waals surface area contributed by atoms with Crippen molar-refractivity contribution in [3.63, 3.8) is 0 Å². The number of methoxy groups -OCH3 is 1. The first-order valence-corrected chi connectivity index (χ1v) is 4.10. The van der Waals surface area contributed by atoms with Gasteiger partial charge in [-0.2, -0.15) is 0 Å². The molecule has 0 fully saturated rings. The standard InChI is InChI=1S/C11H13O2/c1-3-8-13-9-10-6-4-5-7-11(10)12-2/h3-5,7H,1,8-9H2,2H3. The van der Waals surface area contributed by atoms with Gasteiger partial charge in [0, 0.05) is 5.56 Å². The number of hydrogen-bond donors (Lipinski definition) is 0. The Bertz CT molecular complexity index is 269. The molecule has 1 aromatic rings. The Morgan fingerprint density at radius 1 is 1.62 bits per heavy atom. The summed E-state index contributed by atoms with van der Waals surface area (Å²) in [5.74, 6) is 0.812. The van der Waals surface area contributed by atoms with E-state index in [1.165, 1.54) is 0 Å². The molecule has 69 valence electrons. The van der Waals surface area contributed by atoms with Gasteiger partial charge in [0.1, 0.15) is 5.75 Å². The van der Waals surface area contributed by atoms with E-state index in [1.807, 2.05) is 18.2 Å². The molecule has 1 radical (unpaired) electrons. The Labute approximate surface area is 78.8 Å². The predicted octanol–water partition coefficient (Wildman–Crippen LogP) is 2.20. The van der Waals surface area contributed by atoms with Crippen LogP contribution < -0.4 is 4.74 Å². The van der Waals surface area contributed by atoms with Crippen LogP contribution in [0.5, 0.6) is 5.75 Å². The molecule has 0 bridgehead atoms. The summed E-state index contributed by atoms with van der Waals surface area (Å²) in [6.07, 6.45) is 1.72. The summed E-state index contributed by atoms with van der Waals surface area (Å²) in [4.78, 5) is 0. The maximum absolute atomic E-state index is 5.28. The van der Waals surface area contributed by atoms with E-state index in [2.05, 4.69) is 12.6 Å². The van der Waals surface area contributed by atoms with Crippen molar-refractivity contribution in [2.45, 2.75) is 6.61 Å². The lowest BCUT2D eigenvalue weighted by atomic mass is 10.2. The van der Waals surface area contributed by atoms with Crippen LogP contribution in [0, 0.1) is 6.07 Å². The number of ether oxygens (including phenoxy) is 2. The zero-order chi connectivity index (χ0) is 9.52. The van der Waals surface area contributed by atoms with E-state index in [1.54, 1.807) is 13.2 Å². The van der Waals surface area contributed by atoms with Gasteiger partial charge < -0.3 is 9.47 Å². The highest BCUT2D eigenvalue weighted by atomic mass is 16.5. The van der Waals surface area contributed by atoms with Gasteiger partial charge in [0.2, 0.25) is 0 Å². The second kappa shape index (κ2) is 5.38. The number of hydrogen-bond acceptors (Lipinski definition) is 2. The van der Waals surface area contributed by atoms with Crippen LogP contribution in [-0.2, 0) is 11.3 Å². The van der Waals surface area contributed by atoms with E-state index in [0.717, 1.165) is 11.3 Å². The summed E-state index contributed by atoms with van der Waals surface area (Å²) in [6.45, 7) is 4.63. The molecule has 0 aliphatic heterocycles. The van der Waals surface area contributed by atoms with Crippen LogP contribution in [0.1, 0.15) is 5.56 Å². The molecular weight excluding hydrogens is 164 g/mol. The fraction of sp³-hybridized carbons (Fsp3) is 0.273. The van der Waals surface area contributed by atoms with Crippen LogP contribution in [0.15, 0.2) is 30.9 Å². The molecule has 13 heavy (non-hydrogen) atoms. The van der Waals surface area contributed by atoms with Crippen molar-refractivity contribution in [2.75, 3.05) is 13.7 Å². The molecule has 0 saturated heterocycles. The van der Waals surface area contributed by atoms with Crippen LogP contribution in [0.25, 0.3) is 0 Å². The average Bonchev–Trinajstić information content (AvgIpc) is 2.19. The first-order chi connectivity index (χ1) is 6.38. The molecule has 2 heteroatoms. The lowest BCUT2D eigenvalue weighted by Gasteiger charge is -2.06. The van der Waals surface area contributed by atoms with Gasteiger partial charge in [-0.1, -0.05) is 18.2 Å². The Balaban J connectivity index is 2.58. The molecular formula is C11H13O2. The van der Waals surface area contributed by atoms with E-state index >= 15 is 0 Å². The maximum atomic E-state index is 5.28. The number of benzene rings is 1. The summed E-state index contributed by atoms with van der Waals surface area (Å²) in [6, 6.07) is 8.68. The van der Waals surface area contributed by atoms with Gasteiger partial charge in [0.25, 0.3) is 0 Å². The van der Waals surface area contributed by atoms with Gasteiger partial charge >= 0.3 is 0 Å². The van der Waals surface area contributed by atoms with Crippen molar-refractivity contribution in [1.29, 1.82) is 0 Å². The smallest absolute Gasteiger partial charge is 0.125 e. The minimum absolute atomic E-state index is 0.510. The van der Waals surface area contributed by atoms with Gasteiger partial charge in [0.05, 0.1) is 20.3 Å². The van der Waals surface area contributed by atoms with E-state index < -0.39 is 0 Å². The van der Waals surface area contributed by atoms with Gasteiger partial charge in [-0.25, -0.2) is 0 Å². The quantitative estimate of drug-likeness (QED) is 0.507. The Hall–Kier alpha value is -1.28. The molecule has 0 heterocycles. The SMILES string of the molecule is C=CCOCc1[c]cccc1OC. The minimum Gasteiger partial charge on any atom is -0.496 e. The van der Waals surface area contributed by atoms with Gasteiger partial charge in [-0.15, -0.1) is 6.58 Å². The highest BCUT2D eigenvalue weighted by Gasteiger charge is 2.00. The molecule has 0 amide bonds. The van der Waals surface area contributed by atoms with Crippen LogP contribution in [-0.4, -0.2) is 13.7 Å². The lowest BCUT2D eigenvalue weighted by molar-refractivity contribution is 0.146. The summed E-state index contributed by atoms with van der Waals surface area (Å²) in [5.41, 5.74) is 0.937. The van der Waals surface area contributed by atoms with Gasteiger partial charge in [-0.3, -0.25) is 0 Å². The van der Waals surface area contributed by atoms with Crippen molar-refractivity contribution in [2.24, 2.45) is 0 Å². The molecule has 0 aliphatic rings. The van der Waals surface area contributed by atoms with Gasteiger partial charge in [-0.05, 0) is 12.1 Å². The normalized spacial score (nSPS) is 9.62. The topological polar surface area (TPSA) is 18.5 Å². The third-order valence-electron chi connectivity index (χ3n) is 1.60. The molecule has 0 unspecified atom stereocenters. The fourth-order valence-electron chi connectivity index (χ4n) is 1.00. The summed E-state index contributed by atoms with van der Waals surface area (Å²) < 4.78 is 10.4. The zero-order valence-corrected chi connectivity index (χ0v) is 7.75. The summed E-state index contributed by atoms with van der Waals surface area (Å²) in [5, 5.41) is 0. The van der Waals surface area contributed by atoms with Crippen molar-refractivity contribution < 1.29 is 9.47 Å². The van der Waals surface area contributed by atoms with Crippen LogP contribution in [0.3, 0.4) is 0 Å². The highest BCUT2D eigenvalue weighted by Crippen LogP contribution is 2.17. The van der Waals surface area contributed by atoms with Crippen LogP contribution in [0.2, 0.25) is 0 Å². The second-order valence-electron chi connectivity index (χ2n) is 2.52. The molecule has 0 saturated carbocycles. The van der Waals surface area contributed by atoms with E-state index in [-0.39, 0.29) is 0 Å². The molecule has 0 spiro atoms. The van der Waals surface area contributed by atoms with Gasteiger partial charge in [0.15, 0.2) is 0 Å². The van der Waals surface area contributed by atoms with Crippen molar-refractivity contribution >= 4 is 0 Å². The molecule has 2 nitrogen and oxygen atoms in total. The van der Waals surface area contributed by atoms with E-state index in [4.69, 9.17) is 9.47 Å². The van der Waals surface area contributed by atoms with Crippen LogP contribution in [0.4, 0.5) is 0 Å². The Morgan fingerprint density at radius 3 is 3.15 bits per heavy atom. The first-order valence-electron chi connectivity index (χ1n) is 4.10. The molecule has 0 atom stereocenters. The fourth-order valence-corrected chi connectivity index (χ4v) is 1.00. The minimum atomic E-state index is 0.510. The molecule has 0 N–H and O–H groups in total. The van der Waals surface area contributed by atoms with E-state index in [9.17, 15) is 0 Å². The van der Waals surface area contributed by atoms with E-state index in [0.29, 0.717) is 13.2 Å². The molecule has 1 rings (SSSR count). The zero-order valence-electron chi connectivity index (χ0n) is 7.75. The molecule has 0 aliphatic carbocycles. The third-order valence-corrected chi connectivity index (χ3v) is 1.60. The van der Waals surface area contributed by atoms with Crippen molar-refractivity contribution in [3.05, 3.63) is 42.5 Å². The predicted molar refractivity (Wildman–Crippen MR) is 51.7 cm³/mol. The maximum Gasteiger partial charge on any atom is 0.125 e. The Morgan fingerprint density at radius 2 is 2.46 bits per heavy atom. The molecule has 1 aromatic carbocycles. The largest absolute Gasteiger partial charge is 0.496 e.